The molecule has 0 aromatic heterocycles. The Bertz CT molecular complexity index is 133. The summed E-state index contributed by atoms with van der Waals surface area (Å²) in [6.45, 7) is 4.61. The molecule has 0 atom stereocenters. The molecule has 0 aliphatic rings. The molecular weight excluding hydrogens is 225 g/mol. The van der Waals surface area contributed by atoms with Gasteiger partial charge in [0.15, 0.2) is 9.66 Å². The van der Waals surface area contributed by atoms with Crippen molar-refractivity contribution in [2.24, 2.45) is 0 Å². The smallest absolute Gasteiger partial charge is 0.196 e. The van der Waals surface area contributed by atoms with Gasteiger partial charge in [-0.15, -0.1) is 0 Å². The van der Waals surface area contributed by atoms with Crippen molar-refractivity contribution >= 4 is 22.6 Å². The zero-order chi connectivity index (χ0) is 6.73. The molecule has 0 saturated carbocycles. The molecule has 0 aliphatic carbocycles. The second-order valence-electron chi connectivity index (χ2n) is 1.35. The Hall–Kier alpha value is 0.0700. The fraction of sp³-hybridized carbons (Fsp3) is 0.200. The van der Waals surface area contributed by atoms with E-state index in [0.29, 0.717) is 0 Å². The molecule has 0 nitrogen and oxygen atoms in total. The Balaban J connectivity index is 4.23. The van der Waals surface area contributed by atoms with Gasteiger partial charge in [0, 0.05) is 0 Å². The minimum atomic E-state index is -0.856. The van der Waals surface area contributed by atoms with Crippen LogP contribution in [0.25, 0.3) is 0 Å². The Labute approximate surface area is 60.4 Å². The third-order valence-electron chi connectivity index (χ3n) is 0.541. The molecule has 0 saturated heterocycles. The van der Waals surface area contributed by atoms with Crippen molar-refractivity contribution in [2.75, 3.05) is 0 Å². The summed E-state index contributed by atoms with van der Waals surface area (Å²) in [5.74, 6) is -0.856. The SMILES string of the molecule is C=C(C)/C(F)=C(/F)I. The van der Waals surface area contributed by atoms with E-state index in [1.54, 1.807) is 0 Å². The minimum absolute atomic E-state index is 0.122. The van der Waals surface area contributed by atoms with Crippen LogP contribution >= 0.6 is 22.6 Å². The third-order valence-corrected chi connectivity index (χ3v) is 1.01. The highest BCUT2D eigenvalue weighted by Crippen LogP contribution is 2.20. The number of hydrogen-bond acceptors (Lipinski definition) is 0. The molecule has 0 radical (unpaired) electrons. The fourth-order valence-corrected chi connectivity index (χ4v) is 0.622. The molecule has 0 amide bonds. The summed E-state index contributed by atoms with van der Waals surface area (Å²) < 4.78 is 23.0. The predicted molar refractivity (Wildman–Crippen MR) is 38.1 cm³/mol. The average molecular weight is 230 g/mol. The van der Waals surface area contributed by atoms with Crippen LogP contribution < -0.4 is 0 Å². The molecule has 0 fully saturated rings. The van der Waals surface area contributed by atoms with Crippen LogP contribution in [0.3, 0.4) is 0 Å². The number of hydrogen-bond donors (Lipinski definition) is 0. The fourth-order valence-electron chi connectivity index (χ4n) is 0.161. The van der Waals surface area contributed by atoms with Crippen molar-refractivity contribution < 1.29 is 8.78 Å². The summed E-state index contributed by atoms with van der Waals surface area (Å²) in [7, 11) is 0. The van der Waals surface area contributed by atoms with Gasteiger partial charge in [-0.2, -0.15) is 4.39 Å². The lowest BCUT2D eigenvalue weighted by Crippen LogP contribution is -1.72. The zero-order valence-corrected chi connectivity index (χ0v) is 6.50. The molecule has 0 spiro atoms. The molecule has 46 valence electrons. The van der Waals surface area contributed by atoms with Crippen molar-refractivity contribution in [1.82, 2.24) is 0 Å². The number of rotatable bonds is 1. The average Bonchev–Trinajstić information content (AvgIpc) is 1.64. The van der Waals surface area contributed by atoms with Gasteiger partial charge in [-0.1, -0.05) is 6.58 Å². The van der Waals surface area contributed by atoms with Crippen LogP contribution in [-0.2, 0) is 0 Å². The maximum absolute atomic E-state index is 12.0. The minimum Gasteiger partial charge on any atom is -0.203 e. The molecule has 0 bridgehead atoms. The predicted octanol–water partition coefficient (Wildman–Crippen LogP) is 3.11. The van der Waals surface area contributed by atoms with Gasteiger partial charge >= 0.3 is 0 Å². The molecule has 3 heteroatoms. The van der Waals surface area contributed by atoms with Gasteiger partial charge in [0.1, 0.15) is 0 Å². The van der Waals surface area contributed by atoms with Gasteiger partial charge in [-0.05, 0) is 35.1 Å². The topological polar surface area (TPSA) is 0 Å². The van der Waals surface area contributed by atoms with E-state index in [0.717, 1.165) is 0 Å². The molecule has 8 heavy (non-hydrogen) atoms. The zero-order valence-electron chi connectivity index (χ0n) is 4.34. The van der Waals surface area contributed by atoms with E-state index in [2.05, 4.69) is 6.58 Å². The van der Waals surface area contributed by atoms with E-state index in [1.165, 1.54) is 29.5 Å². The van der Waals surface area contributed by atoms with Crippen molar-refractivity contribution in [3.8, 4) is 0 Å². The summed E-state index contributed by atoms with van der Waals surface area (Å²) in [6.07, 6.45) is 0. The van der Waals surface area contributed by atoms with E-state index in [-0.39, 0.29) is 5.57 Å². The van der Waals surface area contributed by atoms with E-state index >= 15 is 0 Å². The molecule has 0 aromatic rings. The summed E-state index contributed by atoms with van der Waals surface area (Å²) >= 11 is 1.26. The largest absolute Gasteiger partial charge is 0.203 e. The Morgan fingerprint density at radius 2 is 1.88 bits per heavy atom. The molecule has 0 aromatic carbocycles. The van der Waals surface area contributed by atoms with Crippen molar-refractivity contribution in [2.45, 2.75) is 6.92 Å². The molecule has 0 heterocycles. The van der Waals surface area contributed by atoms with Crippen LogP contribution in [-0.4, -0.2) is 0 Å². The van der Waals surface area contributed by atoms with Crippen LogP contribution in [0.15, 0.2) is 21.8 Å². The summed E-state index contributed by atoms with van der Waals surface area (Å²) in [5.41, 5.74) is 0.122. The van der Waals surface area contributed by atoms with E-state index in [1.807, 2.05) is 0 Å². The second kappa shape index (κ2) is 3.17. The van der Waals surface area contributed by atoms with Gasteiger partial charge in [0.2, 0.25) is 0 Å². The van der Waals surface area contributed by atoms with Crippen molar-refractivity contribution in [3.63, 3.8) is 0 Å². The van der Waals surface area contributed by atoms with Gasteiger partial charge in [0.25, 0.3) is 0 Å². The highest BCUT2D eigenvalue weighted by Gasteiger charge is 2.00. The van der Waals surface area contributed by atoms with E-state index in [9.17, 15) is 8.78 Å². The lowest BCUT2D eigenvalue weighted by molar-refractivity contribution is 0.590. The number of halogens is 3. The first-order valence-electron chi connectivity index (χ1n) is 1.92. The van der Waals surface area contributed by atoms with Crippen LogP contribution in [0.2, 0.25) is 0 Å². The maximum Gasteiger partial charge on any atom is 0.196 e. The Morgan fingerprint density at radius 1 is 1.50 bits per heavy atom. The van der Waals surface area contributed by atoms with Crippen LogP contribution in [0.5, 0.6) is 0 Å². The van der Waals surface area contributed by atoms with Crippen LogP contribution in [0.4, 0.5) is 8.78 Å². The van der Waals surface area contributed by atoms with Crippen LogP contribution in [0.1, 0.15) is 6.92 Å². The van der Waals surface area contributed by atoms with Crippen LogP contribution in [0, 0.1) is 0 Å². The first-order valence-corrected chi connectivity index (χ1v) is 3.00. The first kappa shape index (κ1) is 8.07. The Morgan fingerprint density at radius 3 is 1.88 bits per heavy atom. The first-order chi connectivity index (χ1) is 3.55. The molecule has 0 N–H and O–H groups in total. The van der Waals surface area contributed by atoms with Gasteiger partial charge in [-0.25, -0.2) is 4.39 Å². The lowest BCUT2D eigenvalue weighted by Gasteiger charge is -1.89. The van der Waals surface area contributed by atoms with Crippen molar-refractivity contribution in [3.05, 3.63) is 21.8 Å². The third kappa shape index (κ3) is 2.40. The summed E-state index contributed by atoms with van der Waals surface area (Å²) in [6, 6.07) is 0. The molecule has 0 unspecified atom stereocenters. The van der Waals surface area contributed by atoms with Gasteiger partial charge < -0.3 is 0 Å². The summed E-state index contributed by atoms with van der Waals surface area (Å²) in [4.78, 5) is 0. The standard InChI is InChI=1S/C5H5F2I/c1-3(2)4(6)5(7)8/h1H2,2H3/b5-4+. The molecule has 0 aliphatic heterocycles. The summed E-state index contributed by atoms with van der Waals surface area (Å²) in [5, 5.41) is 0. The molecule has 0 rings (SSSR count). The Kier molecular flexibility index (Phi) is 3.19. The second-order valence-corrected chi connectivity index (χ2v) is 2.30. The monoisotopic (exact) mass is 230 g/mol. The van der Waals surface area contributed by atoms with Crippen molar-refractivity contribution in [1.29, 1.82) is 0 Å². The highest BCUT2D eigenvalue weighted by molar-refractivity contribution is 14.1. The lowest BCUT2D eigenvalue weighted by atomic mass is 10.3. The molecular formula is C5H5F2I. The van der Waals surface area contributed by atoms with Gasteiger partial charge in [0.05, 0.1) is 0 Å². The maximum atomic E-state index is 12.0. The number of allylic oxidation sites excluding steroid dienone is 2. The van der Waals surface area contributed by atoms with E-state index < -0.39 is 9.66 Å². The van der Waals surface area contributed by atoms with E-state index in [4.69, 9.17) is 0 Å². The van der Waals surface area contributed by atoms with Gasteiger partial charge in [-0.3, -0.25) is 0 Å². The normalized spacial score (nSPS) is 13.0. The quantitative estimate of drug-likeness (QED) is 0.479. The highest BCUT2D eigenvalue weighted by atomic mass is 127.